The molecule has 2 aliphatic rings. The second kappa shape index (κ2) is 7.90. The van der Waals surface area contributed by atoms with Crippen molar-refractivity contribution in [1.29, 1.82) is 0 Å². The maximum Gasteiger partial charge on any atom is 0.254 e. The van der Waals surface area contributed by atoms with Crippen molar-refractivity contribution >= 4 is 17.5 Å². The Kier molecular flexibility index (Phi) is 5.18. The Morgan fingerprint density at radius 1 is 0.852 bits per heavy atom. The van der Waals surface area contributed by atoms with Crippen LogP contribution in [0, 0.1) is 5.82 Å². The lowest BCUT2D eigenvalue weighted by molar-refractivity contribution is 0.0746. The number of amides is 1. The molecule has 0 N–H and O–H groups in total. The molecule has 2 aromatic rings. The summed E-state index contributed by atoms with van der Waals surface area (Å²) in [7, 11) is 0. The molecule has 0 unspecified atom stereocenters. The van der Waals surface area contributed by atoms with Crippen LogP contribution in [0.25, 0.3) is 0 Å². The van der Waals surface area contributed by atoms with Gasteiger partial charge in [0.25, 0.3) is 5.91 Å². The number of carbonyl (C=O) groups is 1. The van der Waals surface area contributed by atoms with Crippen molar-refractivity contribution in [3.05, 3.63) is 48.0 Å². The quantitative estimate of drug-likeness (QED) is 0.832. The standard InChI is InChI=1S/C20H24FN5O/c21-17-6-4-5-16(13-17)20(27)26-11-9-25(10-12-26)19-14-18(22-15-23-19)24-7-2-1-3-8-24/h4-6,13-15H,1-3,7-12H2. The van der Waals surface area contributed by atoms with Gasteiger partial charge in [-0.1, -0.05) is 6.07 Å². The van der Waals surface area contributed by atoms with Crippen LogP contribution in [0.3, 0.4) is 0 Å². The van der Waals surface area contributed by atoms with E-state index in [-0.39, 0.29) is 11.7 Å². The number of hydrogen-bond donors (Lipinski definition) is 0. The molecule has 27 heavy (non-hydrogen) atoms. The van der Waals surface area contributed by atoms with Crippen molar-refractivity contribution in [2.45, 2.75) is 19.3 Å². The molecule has 6 nitrogen and oxygen atoms in total. The van der Waals surface area contributed by atoms with Crippen LogP contribution in [0.15, 0.2) is 36.7 Å². The van der Waals surface area contributed by atoms with Crippen LogP contribution in [0.5, 0.6) is 0 Å². The summed E-state index contributed by atoms with van der Waals surface area (Å²) in [6.07, 6.45) is 5.33. The molecule has 2 aliphatic heterocycles. The Morgan fingerprint density at radius 3 is 2.19 bits per heavy atom. The highest BCUT2D eigenvalue weighted by molar-refractivity contribution is 5.94. The lowest BCUT2D eigenvalue weighted by atomic mass is 10.1. The van der Waals surface area contributed by atoms with E-state index < -0.39 is 0 Å². The summed E-state index contributed by atoms with van der Waals surface area (Å²) < 4.78 is 13.4. The summed E-state index contributed by atoms with van der Waals surface area (Å²) in [4.78, 5) is 27.7. The van der Waals surface area contributed by atoms with Crippen LogP contribution < -0.4 is 9.80 Å². The summed E-state index contributed by atoms with van der Waals surface area (Å²) in [5, 5.41) is 0. The van der Waals surface area contributed by atoms with Crippen molar-refractivity contribution in [3.8, 4) is 0 Å². The number of piperazine rings is 1. The van der Waals surface area contributed by atoms with Gasteiger partial charge >= 0.3 is 0 Å². The number of aromatic nitrogens is 2. The molecule has 0 atom stereocenters. The fraction of sp³-hybridized carbons (Fsp3) is 0.450. The van der Waals surface area contributed by atoms with Gasteiger partial charge in [-0.3, -0.25) is 4.79 Å². The van der Waals surface area contributed by atoms with E-state index in [4.69, 9.17) is 0 Å². The number of nitrogens with zero attached hydrogens (tertiary/aromatic N) is 5. The van der Waals surface area contributed by atoms with Crippen LogP contribution in [-0.4, -0.2) is 60.0 Å². The molecule has 1 amide bonds. The average molecular weight is 369 g/mol. The van der Waals surface area contributed by atoms with Gasteiger partial charge in [-0.2, -0.15) is 0 Å². The van der Waals surface area contributed by atoms with Gasteiger partial charge in [-0.15, -0.1) is 0 Å². The predicted molar refractivity (Wildman–Crippen MR) is 103 cm³/mol. The van der Waals surface area contributed by atoms with Gasteiger partial charge in [0, 0.05) is 50.9 Å². The number of piperidine rings is 1. The van der Waals surface area contributed by atoms with Crippen molar-refractivity contribution in [2.24, 2.45) is 0 Å². The molecule has 0 saturated carbocycles. The van der Waals surface area contributed by atoms with E-state index in [1.165, 1.54) is 31.4 Å². The van der Waals surface area contributed by atoms with Gasteiger partial charge in [0.15, 0.2) is 0 Å². The number of rotatable bonds is 3. The Labute approximate surface area is 158 Å². The van der Waals surface area contributed by atoms with E-state index in [0.717, 1.165) is 24.7 Å². The van der Waals surface area contributed by atoms with Crippen LogP contribution in [0.1, 0.15) is 29.6 Å². The summed E-state index contributed by atoms with van der Waals surface area (Å²) in [5.74, 6) is 1.39. The molecule has 2 fully saturated rings. The number of halogens is 1. The number of anilines is 2. The number of hydrogen-bond acceptors (Lipinski definition) is 5. The maximum absolute atomic E-state index is 13.4. The van der Waals surface area contributed by atoms with Gasteiger partial charge in [-0.05, 0) is 37.5 Å². The highest BCUT2D eigenvalue weighted by Gasteiger charge is 2.24. The van der Waals surface area contributed by atoms with E-state index >= 15 is 0 Å². The zero-order valence-electron chi connectivity index (χ0n) is 15.4. The summed E-state index contributed by atoms with van der Waals surface area (Å²) in [6.45, 7) is 4.70. The van der Waals surface area contributed by atoms with E-state index in [1.54, 1.807) is 23.4 Å². The minimum atomic E-state index is -0.384. The normalized spacial score (nSPS) is 17.9. The topological polar surface area (TPSA) is 52.6 Å². The Bertz CT molecular complexity index is 800. The third-order valence-corrected chi connectivity index (χ3v) is 5.28. The molecule has 1 aromatic heterocycles. The Balaban J connectivity index is 1.40. The monoisotopic (exact) mass is 369 g/mol. The molecular formula is C20H24FN5O. The second-order valence-corrected chi connectivity index (χ2v) is 7.07. The third kappa shape index (κ3) is 4.02. The van der Waals surface area contributed by atoms with E-state index in [2.05, 4.69) is 25.8 Å². The van der Waals surface area contributed by atoms with Crippen molar-refractivity contribution in [3.63, 3.8) is 0 Å². The van der Waals surface area contributed by atoms with Gasteiger partial charge in [0.05, 0.1) is 0 Å². The van der Waals surface area contributed by atoms with Gasteiger partial charge in [0.2, 0.25) is 0 Å². The van der Waals surface area contributed by atoms with E-state index in [9.17, 15) is 9.18 Å². The Hall–Kier alpha value is -2.70. The maximum atomic E-state index is 13.4. The summed E-state index contributed by atoms with van der Waals surface area (Å²) in [5.41, 5.74) is 0.401. The Morgan fingerprint density at radius 2 is 1.52 bits per heavy atom. The predicted octanol–water partition coefficient (Wildman–Crippen LogP) is 2.57. The molecule has 2 saturated heterocycles. The van der Waals surface area contributed by atoms with E-state index in [1.807, 2.05) is 0 Å². The minimum Gasteiger partial charge on any atom is -0.356 e. The van der Waals surface area contributed by atoms with Crippen LogP contribution in [0.4, 0.5) is 16.0 Å². The number of benzene rings is 1. The molecule has 4 rings (SSSR count). The lowest BCUT2D eigenvalue weighted by Crippen LogP contribution is -2.49. The summed E-state index contributed by atoms with van der Waals surface area (Å²) >= 11 is 0. The first kappa shape index (κ1) is 17.7. The first-order valence-electron chi connectivity index (χ1n) is 9.57. The second-order valence-electron chi connectivity index (χ2n) is 7.07. The van der Waals surface area contributed by atoms with Gasteiger partial charge < -0.3 is 14.7 Å². The SMILES string of the molecule is O=C(c1cccc(F)c1)N1CCN(c2cc(N3CCCCC3)ncn2)CC1. The van der Waals surface area contributed by atoms with Crippen molar-refractivity contribution in [1.82, 2.24) is 14.9 Å². The first-order valence-corrected chi connectivity index (χ1v) is 9.57. The van der Waals surface area contributed by atoms with Gasteiger partial charge in [0.1, 0.15) is 23.8 Å². The van der Waals surface area contributed by atoms with E-state index in [0.29, 0.717) is 31.7 Å². The van der Waals surface area contributed by atoms with Crippen molar-refractivity contribution < 1.29 is 9.18 Å². The molecule has 0 radical (unpaired) electrons. The molecular weight excluding hydrogens is 345 g/mol. The first-order chi connectivity index (χ1) is 13.2. The van der Waals surface area contributed by atoms with Crippen LogP contribution in [-0.2, 0) is 0 Å². The largest absolute Gasteiger partial charge is 0.356 e. The molecule has 0 spiro atoms. The zero-order chi connectivity index (χ0) is 18.6. The fourth-order valence-electron chi connectivity index (χ4n) is 3.75. The molecule has 7 heteroatoms. The van der Waals surface area contributed by atoms with Crippen molar-refractivity contribution in [2.75, 3.05) is 49.1 Å². The minimum absolute atomic E-state index is 0.120. The molecule has 1 aromatic carbocycles. The molecule has 3 heterocycles. The lowest BCUT2D eigenvalue weighted by Gasteiger charge is -2.36. The van der Waals surface area contributed by atoms with Gasteiger partial charge in [-0.25, -0.2) is 14.4 Å². The van der Waals surface area contributed by atoms with Crippen LogP contribution in [0.2, 0.25) is 0 Å². The van der Waals surface area contributed by atoms with Crippen LogP contribution >= 0.6 is 0 Å². The highest BCUT2D eigenvalue weighted by Crippen LogP contribution is 2.22. The molecule has 0 bridgehead atoms. The third-order valence-electron chi connectivity index (χ3n) is 5.28. The zero-order valence-corrected chi connectivity index (χ0v) is 15.4. The summed E-state index contributed by atoms with van der Waals surface area (Å²) in [6, 6.07) is 7.93. The fourth-order valence-corrected chi connectivity index (χ4v) is 3.75. The average Bonchev–Trinajstić information content (AvgIpc) is 2.74. The molecule has 0 aliphatic carbocycles. The highest BCUT2D eigenvalue weighted by atomic mass is 19.1. The molecule has 142 valence electrons. The number of carbonyl (C=O) groups excluding carboxylic acids is 1. The smallest absolute Gasteiger partial charge is 0.254 e.